The van der Waals surface area contributed by atoms with E-state index in [1.54, 1.807) is 0 Å². The van der Waals surface area contributed by atoms with Gasteiger partial charge in [0.05, 0.1) is 16.1 Å². The van der Waals surface area contributed by atoms with Crippen LogP contribution in [0, 0.1) is 5.82 Å². The molecule has 0 amide bonds. The summed E-state index contributed by atoms with van der Waals surface area (Å²) in [6.45, 7) is -0.203. The van der Waals surface area contributed by atoms with Crippen molar-refractivity contribution in [3.05, 3.63) is 93.0 Å². The Morgan fingerprint density at radius 3 is 2.28 bits per heavy atom. The molecule has 4 rings (SSSR count). The molecule has 2 aromatic carbocycles. The van der Waals surface area contributed by atoms with Gasteiger partial charge in [0.15, 0.2) is 5.69 Å². The number of halogens is 8. The van der Waals surface area contributed by atoms with E-state index in [-0.39, 0.29) is 70.9 Å². The van der Waals surface area contributed by atoms with Crippen LogP contribution in [-0.2, 0) is 19.0 Å². The van der Waals surface area contributed by atoms with Crippen LogP contribution in [0.1, 0.15) is 57.6 Å². The van der Waals surface area contributed by atoms with Crippen LogP contribution in [0.15, 0.2) is 48.7 Å². The number of hydrogen-bond donors (Lipinski definition) is 1. The molecule has 0 atom stereocenters. The molecule has 0 saturated heterocycles. The van der Waals surface area contributed by atoms with E-state index in [4.69, 9.17) is 16.3 Å². The standard InChI is InChI=1S/C26H17ClF7NO3.Na.H/c27-21-10-16(28)6-4-13(21)12-38-22-7-5-15(25(29,30)31)9-19(22)18-3-1-2-17(18)14-8-20(24(36)37)23(35-11-14)26(32,33)34;;/h4-11H,1-3,12H2,(H,36,37);;. The molecule has 0 bridgehead atoms. The second-order valence-electron chi connectivity index (χ2n) is 8.47. The van der Waals surface area contributed by atoms with Crippen molar-refractivity contribution in [2.24, 2.45) is 0 Å². The molecule has 0 unspecified atom stereocenters. The van der Waals surface area contributed by atoms with Crippen LogP contribution in [-0.4, -0.2) is 45.6 Å². The summed E-state index contributed by atoms with van der Waals surface area (Å²) < 4.78 is 99.6. The van der Waals surface area contributed by atoms with Gasteiger partial charge < -0.3 is 9.84 Å². The van der Waals surface area contributed by atoms with E-state index >= 15 is 0 Å². The zero-order valence-corrected chi connectivity index (χ0v) is 19.9. The molecule has 1 aromatic heterocycles. The monoisotopic (exact) mass is 583 g/mol. The van der Waals surface area contributed by atoms with Crippen molar-refractivity contribution in [1.82, 2.24) is 4.98 Å². The second-order valence-corrected chi connectivity index (χ2v) is 8.87. The Bertz CT molecular complexity index is 1440. The number of ether oxygens (including phenoxy) is 1. The summed E-state index contributed by atoms with van der Waals surface area (Å²) in [7, 11) is 0. The van der Waals surface area contributed by atoms with Crippen LogP contribution in [0.2, 0.25) is 5.02 Å². The van der Waals surface area contributed by atoms with Crippen LogP contribution in [0.3, 0.4) is 0 Å². The van der Waals surface area contributed by atoms with E-state index < -0.39 is 41.0 Å². The van der Waals surface area contributed by atoms with Crippen molar-refractivity contribution < 1.29 is 45.4 Å². The molecule has 3 aromatic rings. The predicted octanol–water partition coefficient (Wildman–Crippen LogP) is 7.64. The average molecular weight is 584 g/mol. The fourth-order valence-corrected chi connectivity index (χ4v) is 4.46. The number of allylic oxidation sites excluding steroid dienone is 2. The first-order valence-electron chi connectivity index (χ1n) is 11.1. The van der Waals surface area contributed by atoms with Crippen molar-refractivity contribution >= 4 is 58.3 Å². The molecular weight excluding hydrogens is 566 g/mol. The maximum absolute atomic E-state index is 13.6. The summed E-state index contributed by atoms with van der Waals surface area (Å²) in [5.74, 6) is -2.39. The molecule has 4 nitrogen and oxygen atoms in total. The zero-order chi connectivity index (χ0) is 27.8. The normalized spacial score (nSPS) is 13.8. The molecule has 1 aliphatic carbocycles. The molecular formula is C26H18ClF7NNaO3. The summed E-state index contributed by atoms with van der Waals surface area (Å²) >= 11 is 6.02. The SMILES string of the molecule is O=C(O)c1cc(C2=C(c3cc(C(F)(F)F)ccc3OCc3ccc(F)cc3Cl)CCC2)cnc1C(F)(F)F.[NaH]. The van der Waals surface area contributed by atoms with Gasteiger partial charge in [-0.2, -0.15) is 26.3 Å². The number of aromatic nitrogens is 1. The first-order valence-corrected chi connectivity index (χ1v) is 11.4. The Hall–Kier alpha value is -2.60. The molecule has 0 saturated carbocycles. The van der Waals surface area contributed by atoms with E-state index in [0.29, 0.717) is 23.1 Å². The minimum absolute atomic E-state index is 0. The summed E-state index contributed by atoms with van der Waals surface area (Å²) in [4.78, 5) is 14.8. The molecule has 13 heteroatoms. The Kier molecular flexibility index (Phi) is 9.42. The second kappa shape index (κ2) is 11.9. The van der Waals surface area contributed by atoms with E-state index in [1.807, 2.05) is 0 Å². The molecule has 0 spiro atoms. The van der Waals surface area contributed by atoms with Gasteiger partial charge in [-0.25, -0.2) is 9.18 Å². The Morgan fingerprint density at radius 1 is 0.974 bits per heavy atom. The topological polar surface area (TPSA) is 59.4 Å². The number of nitrogens with zero attached hydrogens (tertiary/aromatic N) is 1. The fourth-order valence-electron chi connectivity index (χ4n) is 4.24. The summed E-state index contributed by atoms with van der Waals surface area (Å²) in [6, 6.07) is 7.21. The van der Waals surface area contributed by atoms with Crippen LogP contribution < -0.4 is 4.74 Å². The molecule has 0 fully saturated rings. The van der Waals surface area contributed by atoms with Crippen molar-refractivity contribution in [2.75, 3.05) is 0 Å². The van der Waals surface area contributed by atoms with Crippen molar-refractivity contribution in [3.8, 4) is 5.75 Å². The minimum atomic E-state index is -5.01. The zero-order valence-electron chi connectivity index (χ0n) is 19.2. The van der Waals surface area contributed by atoms with Gasteiger partial charge in [-0.1, -0.05) is 17.7 Å². The van der Waals surface area contributed by atoms with Gasteiger partial charge in [0.25, 0.3) is 0 Å². The molecule has 202 valence electrons. The molecule has 1 aliphatic rings. The van der Waals surface area contributed by atoms with Crippen LogP contribution in [0.25, 0.3) is 11.1 Å². The number of carboxylic acids is 1. The molecule has 1 N–H and O–H groups in total. The van der Waals surface area contributed by atoms with E-state index in [2.05, 4.69) is 4.98 Å². The predicted molar refractivity (Wildman–Crippen MR) is 131 cm³/mol. The summed E-state index contributed by atoms with van der Waals surface area (Å²) in [5.41, 5.74) is -2.44. The number of alkyl halides is 6. The maximum atomic E-state index is 13.6. The van der Waals surface area contributed by atoms with E-state index in [0.717, 1.165) is 42.6 Å². The molecule has 0 aliphatic heterocycles. The van der Waals surface area contributed by atoms with Gasteiger partial charge in [-0.3, -0.25) is 4.98 Å². The van der Waals surface area contributed by atoms with Crippen LogP contribution in [0.5, 0.6) is 5.75 Å². The van der Waals surface area contributed by atoms with E-state index in [9.17, 15) is 40.6 Å². The van der Waals surface area contributed by atoms with Gasteiger partial charge in [0.2, 0.25) is 0 Å². The van der Waals surface area contributed by atoms with E-state index in [1.165, 1.54) is 6.07 Å². The van der Waals surface area contributed by atoms with Crippen LogP contribution in [0.4, 0.5) is 30.7 Å². The molecule has 0 radical (unpaired) electrons. The number of rotatable bonds is 6. The number of hydrogen-bond acceptors (Lipinski definition) is 3. The molecule has 39 heavy (non-hydrogen) atoms. The third kappa shape index (κ3) is 6.95. The van der Waals surface area contributed by atoms with Gasteiger partial charge in [0.1, 0.15) is 18.2 Å². The van der Waals surface area contributed by atoms with Gasteiger partial charge in [-0.05, 0) is 72.4 Å². The van der Waals surface area contributed by atoms with Crippen molar-refractivity contribution in [2.45, 2.75) is 38.2 Å². The number of carbonyl (C=O) groups is 1. The number of carboxylic acid groups (broad SMARTS) is 1. The first-order chi connectivity index (χ1) is 17.8. The van der Waals surface area contributed by atoms with Gasteiger partial charge >= 0.3 is 47.9 Å². The van der Waals surface area contributed by atoms with Gasteiger partial charge in [0, 0.05) is 17.3 Å². The van der Waals surface area contributed by atoms with Gasteiger partial charge in [-0.15, -0.1) is 0 Å². The number of benzene rings is 2. The fraction of sp³-hybridized carbons (Fsp3) is 0.231. The quantitative estimate of drug-likeness (QED) is 0.239. The Morgan fingerprint density at radius 2 is 1.67 bits per heavy atom. The van der Waals surface area contributed by atoms with Crippen LogP contribution >= 0.6 is 11.6 Å². The Labute approximate surface area is 244 Å². The number of pyridine rings is 1. The third-order valence-electron chi connectivity index (χ3n) is 5.98. The Balaban J connectivity index is 0.00000420. The van der Waals surface area contributed by atoms with Crippen molar-refractivity contribution in [3.63, 3.8) is 0 Å². The van der Waals surface area contributed by atoms with Crippen molar-refractivity contribution in [1.29, 1.82) is 0 Å². The summed E-state index contributed by atoms with van der Waals surface area (Å²) in [5, 5.41) is 9.38. The summed E-state index contributed by atoms with van der Waals surface area (Å²) in [6.07, 6.45) is -7.87. The first kappa shape index (κ1) is 30.9. The average Bonchev–Trinajstić information content (AvgIpc) is 3.31. The molecule has 1 heterocycles. The third-order valence-corrected chi connectivity index (χ3v) is 6.34. The number of aromatic carboxylic acids is 1.